The average molecular weight is 359 g/mol. The molecule has 1 aromatic heterocycles. The molecule has 7 heteroatoms. The summed E-state index contributed by atoms with van der Waals surface area (Å²) in [5.74, 6) is 1.00. The van der Waals surface area contributed by atoms with Crippen LogP contribution < -0.4 is 4.57 Å². The van der Waals surface area contributed by atoms with Gasteiger partial charge in [0.15, 0.2) is 0 Å². The van der Waals surface area contributed by atoms with Crippen molar-refractivity contribution in [1.29, 1.82) is 0 Å². The predicted molar refractivity (Wildman–Crippen MR) is 94.9 cm³/mol. The molecule has 0 amide bonds. The topological polar surface area (TPSA) is 67.0 Å². The van der Waals surface area contributed by atoms with Gasteiger partial charge in [-0.1, -0.05) is 41.9 Å². The van der Waals surface area contributed by atoms with Gasteiger partial charge in [-0.2, -0.15) is 9.25 Å². The molecule has 5 nitrogen and oxygen atoms in total. The molecule has 0 saturated carbocycles. The van der Waals surface area contributed by atoms with Gasteiger partial charge in [0.25, 0.3) is 5.82 Å². The van der Waals surface area contributed by atoms with E-state index in [2.05, 4.69) is 17.2 Å². The van der Waals surface area contributed by atoms with Crippen LogP contribution in [0.15, 0.2) is 53.5 Å². The minimum absolute atomic E-state index is 0. The normalized spacial score (nSPS) is 12.5. The summed E-state index contributed by atoms with van der Waals surface area (Å²) in [6, 6.07) is 16.0. The second-order valence-corrected chi connectivity index (χ2v) is 6.24. The first kappa shape index (κ1) is 16.6. The van der Waals surface area contributed by atoms with Gasteiger partial charge < -0.3 is 5.48 Å². The summed E-state index contributed by atoms with van der Waals surface area (Å²) >= 11 is 11.7. The number of fused-ring (bicyclic) bond motifs is 3. The number of nitrogens with zero attached hydrogens (tertiary/aromatic N) is 3. The predicted octanol–water partition coefficient (Wildman–Crippen LogP) is 3.19. The van der Waals surface area contributed by atoms with E-state index in [1.165, 1.54) is 0 Å². The number of aromatic amines is 1. The average Bonchev–Trinajstić information content (AvgIpc) is 2.74. The standard InChI is InChI=1S/C17H13ClN4S.H2O/c1-21-15-10-19-16(11-5-3-2-4-6-11)13-9-12(18)7-8-14(13)22(15)17(23)20-21;/h2-9H,10H2,1H3;1H2. The van der Waals surface area contributed by atoms with Crippen LogP contribution in [0, 0.1) is 4.77 Å². The Morgan fingerprint density at radius 2 is 1.96 bits per heavy atom. The summed E-state index contributed by atoms with van der Waals surface area (Å²) in [6.07, 6.45) is 0. The Balaban J connectivity index is 0.00000169. The van der Waals surface area contributed by atoms with Crippen LogP contribution >= 0.6 is 23.8 Å². The Bertz CT molecular complexity index is 992. The molecule has 0 atom stereocenters. The van der Waals surface area contributed by atoms with Crippen LogP contribution in [-0.2, 0) is 13.6 Å². The third-order valence-electron chi connectivity index (χ3n) is 3.99. The maximum Gasteiger partial charge on any atom is 0.328 e. The molecule has 0 radical (unpaired) electrons. The van der Waals surface area contributed by atoms with Crippen molar-refractivity contribution in [2.24, 2.45) is 12.0 Å². The van der Waals surface area contributed by atoms with Gasteiger partial charge in [0.2, 0.25) is 0 Å². The fraction of sp³-hybridized carbons (Fsp3) is 0.118. The Labute approximate surface area is 149 Å². The van der Waals surface area contributed by atoms with Crippen molar-refractivity contribution in [2.75, 3.05) is 0 Å². The number of aliphatic imine (C=N–C) groups is 1. The number of H-pyrrole nitrogens is 1. The van der Waals surface area contributed by atoms with Crippen LogP contribution in [0.5, 0.6) is 0 Å². The van der Waals surface area contributed by atoms with Gasteiger partial charge in [-0.05, 0) is 30.4 Å². The van der Waals surface area contributed by atoms with Crippen molar-refractivity contribution in [3.8, 4) is 5.69 Å². The van der Waals surface area contributed by atoms with Crippen molar-refractivity contribution in [2.45, 2.75) is 6.54 Å². The summed E-state index contributed by atoms with van der Waals surface area (Å²) in [5.41, 5.74) is 3.98. The van der Waals surface area contributed by atoms with Crippen molar-refractivity contribution in [1.82, 2.24) is 9.78 Å². The summed E-state index contributed by atoms with van der Waals surface area (Å²) < 4.78 is 4.59. The Hall–Kier alpha value is -2.28. The zero-order valence-corrected chi connectivity index (χ0v) is 14.5. The Morgan fingerprint density at radius 3 is 2.71 bits per heavy atom. The third kappa shape index (κ3) is 2.58. The smallest absolute Gasteiger partial charge is 0.328 e. The molecule has 4 rings (SSSR count). The van der Waals surface area contributed by atoms with Crippen LogP contribution in [0.25, 0.3) is 5.69 Å². The van der Waals surface area contributed by atoms with Crippen molar-refractivity contribution < 1.29 is 10.0 Å². The molecule has 3 aromatic rings. The van der Waals surface area contributed by atoms with Crippen molar-refractivity contribution in [3.05, 3.63) is 75.3 Å². The number of hydrogen-bond acceptors (Lipinski definition) is 3. The van der Waals surface area contributed by atoms with E-state index in [-0.39, 0.29) is 5.48 Å². The number of nitrogens with one attached hydrogen (secondary N) is 1. The fourth-order valence-corrected chi connectivity index (χ4v) is 3.43. The van der Waals surface area contributed by atoms with E-state index in [1.54, 1.807) is 0 Å². The van der Waals surface area contributed by atoms with E-state index in [1.807, 2.05) is 52.7 Å². The zero-order valence-electron chi connectivity index (χ0n) is 12.9. The van der Waals surface area contributed by atoms with Crippen LogP contribution in [0.4, 0.5) is 0 Å². The van der Waals surface area contributed by atoms with Crippen molar-refractivity contribution in [3.63, 3.8) is 0 Å². The lowest BCUT2D eigenvalue weighted by molar-refractivity contribution is -0.611. The van der Waals surface area contributed by atoms with E-state index in [9.17, 15) is 0 Å². The maximum absolute atomic E-state index is 6.25. The molecule has 2 aromatic carbocycles. The minimum atomic E-state index is 0. The Kier molecular flexibility index (Phi) is 4.36. The molecule has 0 fully saturated rings. The molecule has 1 aliphatic heterocycles. The highest BCUT2D eigenvalue weighted by molar-refractivity contribution is 7.71. The van der Waals surface area contributed by atoms with Crippen LogP contribution in [0.2, 0.25) is 5.02 Å². The molecule has 122 valence electrons. The van der Waals surface area contributed by atoms with E-state index >= 15 is 0 Å². The number of rotatable bonds is 1. The monoisotopic (exact) mass is 358 g/mol. The van der Waals surface area contributed by atoms with Crippen LogP contribution in [0.3, 0.4) is 0 Å². The minimum Gasteiger partial charge on any atom is -0.870 e. The molecule has 2 heterocycles. The molecule has 2 N–H and O–H groups in total. The Morgan fingerprint density at radius 1 is 1.21 bits per heavy atom. The highest BCUT2D eigenvalue weighted by Crippen LogP contribution is 2.23. The molecule has 0 bridgehead atoms. The summed E-state index contributed by atoms with van der Waals surface area (Å²) in [6.45, 7) is 0.542. The second kappa shape index (κ2) is 6.32. The molecule has 0 aliphatic carbocycles. The first-order valence-corrected chi connectivity index (χ1v) is 8.04. The number of benzene rings is 2. The fourth-order valence-electron chi connectivity index (χ4n) is 2.92. The molecule has 24 heavy (non-hydrogen) atoms. The third-order valence-corrected chi connectivity index (χ3v) is 4.50. The number of aromatic nitrogens is 3. The first-order chi connectivity index (χ1) is 11.1. The van der Waals surface area contributed by atoms with Gasteiger partial charge in [0, 0.05) is 16.1 Å². The van der Waals surface area contributed by atoms with Crippen LogP contribution in [0.1, 0.15) is 17.0 Å². The number of hydrogen-bond donors (Lipinski definition) is 1. The quantitative estimate of drug-likeness (QED) is 0.536. The molecule has 0 saturated heterocycles. The van der Waals surface area contributed by atoms with E-state index < -0.39 is 0 Å². The van der Waals surface area contributed by atoms with E-state index in [0.717, 1.165) is 28.4 Å². The molecular weight excluding hydrogens is 344 g/mol. The maximum atomic E-state index is 6.25. The van der Waals surface area contributed by atoms with Gasteiger partial charge in [0.1, 0.15) is 12.2 Å². The SMILES string of the molecule is Cn1[nH]c(=S)[n+]2c1CN=C(c1ccccc1)c1cc(Cl)ccc1-2.[OH-]. The lowest BCUT2D eigenvalue weighted by Crippen LogP contribution is -2.36. The van der Waals surface area contributed by atoms with E-state index in [4.69, 9.17) is 28.8 Å². The van der Waals surface area contributed by atoms with Gasteiger partial charge in [0.05, 0.1) is 12.8 Å². The zero-order chi connectivity index (χ0) is 16.0. The van der Waals surface area contributed by atoms with Gasteiger partial charge in [-0.15, -0.1) is 5.10 Å². The molecule has 0 spiro atoms. The van der Waals surface area contributed by atoms with Gasteiger partial charge >= 0.3 is 4.77 Å². The lowest BCUT2D eigenvalue weighted by Gasteiger charge is -2.09. The summed E-state index contributed by atoms with van der Waals surface area (Å²) in [5, 5.41) is 3.83. The molecule has 0 unspecified atom stereocenters. The van der Waals surface area contributed by atoms with Crippen molar-refractivity contribution >= 4 is 29.5 Å². The molecular formula is C17H15ClN4OS. The summed E-state index contributed by atoms with van der Waals surface area (Å²) in [4.78, 5) is 4.84. The summed E-state index contributed by atoms with van der Waals surface area (Å²) in [7, 11) is 1.94. The van der Waals surface area contributed by atoms with Gasteiger partial charge in [-0.3, -0.25) is 4.99 Å². The number of halogens is 1. The molecule has 1 aliphatic rings. The highest BCUT2D eigenvalue weighted by Gasteiger charge is 2.26. The van der Waals surface area contributed by atoms with Crippen LogP contribution in [-0.4, -0.2) is 21.0 Å². The first-order valence-electron chi connectivity index (χ1n) is 7.25. The lowest BCUT2D eigenvalue weighted by atomic mass is 10.0. The number of aryl methyl sites for hydroxylation is 1. The van der Waals surface area contributed by atoms with Gasteiger partial charge in [-0.25, -0.2) is 0 Å². The largest absolute Gasteiger partial charge is 0.870 e. The second-order valence-electron chi connectivity index (χ2n) is 5.42. The van der Waals surface area contributed by atoms with E-state index in [0.29, 0.717) is 16.3 Å². The highest BCUT2D eigenvalue weighted by atomic mass is 35.5.